The Kier molecular flexibility index (Phi) is 4.98. The number of para-hydroxylation sites is 2. The number of pyridine rings is 1. The smallest absolute Gasteiger partial charge is 0.288 e. The quantitative estimate of drug-likeness (QED) is 0.527. The van der Waals surface area contributed by atoms with Crippen molar-refractivity contribution in [2.75, 3.05) is 12.4 Å². The van der Waals surface area contributed by atoms with E-state index in [-0.39, 0.29) is 18.1 Å². The minimum absolute atomic E-state index is 0.109. The van der Waals surface area contributed by atoms with Crippen LogP contribution in [-0.4, -0.2) is 28.3 Å². The molecule has 146 valence electrons. The number of fused-ring (bicyclic) bond motifs is 1. The fourth-order valence-corrected chi connectivity index (χ4v) is 2.95. The number of amides is 2. The van der Waals surface area contributed by atoms with E-state index in [0.29, 0.717) is 22.7 Å². The first kappa shape index (κ1) is 18.3. The van der Waals surface area contributed by atoms with Gasteiger partial charge in [0.25, 0.3) is 11.8 Å². The number of furan rings is 1. The van der Waals surface area contributed by atoms with E-state index in [4.69, 9.17) is 9.15 Å². The first-order valence-corrected chi connectivity index (χ1v) is 8.89. The van der Waals surface area contributed by atoms with E-state index in [1.807, 2.05) is 6.07 Å². The third kappa shape index (κ3) is 3.68. The van der Waals surface area contributed by atoms with Gasteiger partial charge in [0.2, 0.25) is 5.82 Å². The lowest BCUT2D eigenvalue weighted by atomic mass is 10.2. The molecule has 0 spiro atoms. The Morgan fingerprint density at radius 3 is 2.69 bits per heavy atom. The topological polar surface area (TPSA) is 97.9 Å². The van der Waals surface area contributed by atoms with Gasteiger partial charge in [-0.15, -0.1) is 0 Å². The van der Waals surface area contributed by atoms with Crippen LogP contribution in [0.4, 0.5) is 5.69 Å². The van der Waals surface area contributed by atoms with E-state index in [9.17, 15) is 9.59 Å². The average molecular weight is 390 g/mol. The maximum absolute atomic E-state index is 12.9. The van der Waals surface area contributed by atoms with E-state index in [1.165, 1.54) is 13.4 Å². The maximum atomic E-state index is 12.9. The Hall–Kier alpha value is -4.07. The summed E-state index contributed by atoms with van der Waals surface area (Å²) in [7, 11) is 1.53. The predicted molar refractivity (Wildman–Crippen MR) is 106 cm³/mol. The van der Waals surface area contributed by atoms with Crippen LogP contribution in [0.1, 0.15) is 26.9 Å². The van der Waals surface area contributed by atoms with E-state index >= 15 is 0 Å². The molecule has 0 atom stereocenters. The van der Waals surface area contributed by atoms with Crippen molar-refractivity contribution >= 4 is 23.0 Å². The van der Waals surface area contributed by atoms with Gasteiger partial charge in [0.15, 0.2) is 5.69 Å². The first-order valence-electron chi connectivity index (χ1n) is 8.89. The summed E-state index contributed by atoms with van der Waals surface area (Å²) in [5, 5.41) is 5.54. The maximum Gasteiger partial charge on any atom is 0.288 e. The molecule has 3 heterocycles. The van der Waals surface area contributed by atoms with Gasteiger partial charge >= 0.3 is 0 Å². The highest BCUT2D eigenvalue weighted by Gasteiger charge is 2.22. The molecule has 2 amide bonds. The molecule has 3 aromatic heterocycles. The predicted octanol–water partition coefficient (Wildman–Crippen LogP) is 3.12. The zero-order valence-corrected chi connectivity index (χ0v) is 15.6. The van der Waals surface area contributed by atoms with Gasteiger partial charge in [-0.05, 0) is 36.4 Å². The molecule has 29 heavy (non-hydrogen) atoms. The fraction of sp³-hybridized carbons (Fsp3) is 0.0952. The minimum Gasteiger partial charge on any atom is -0.495 e. The Bertz CT molecular complexity index is 1160. The van der Waals surface area contributed by atoms with Gasteiger partial charge < -0.3 is 19.8 Å². The van der Waals surface area contributed by atoms with Crippen LogP contribution >= 0.6 is 0 Å². The van der Waals surface area contributed by atoms with Gasteiger partial charge in [0, 0.05) is 6.20 Å². The summed E-state index contributed by atoms with van der Waals surface area (Å²) in [6.07, 6.45) is 3.22. The standard InChI is InChI=1S/C21H18N4O4/c1-28-17-10-3-2-8-15(17)23-20(26)18-16-9-4-5-11-25(16)19(24-18)21(27)22-13-14-7-6-12-29-14/h2-12H,13H2,1H3,(H,22,27)(H,23,26). The molecule has 4 aromatic rings. The van der Waals surface area contributed by atoms with Gasteiger partial charge in [-0.2, -0.15) is 0 Å². The zero-order chi connectivity index (χ0) is 20.2. The number of ether oxygens (including phenoxy) is 1. The first-order chi connectivity index (χ1) is 14.2. The molecule has 0 saturated carbocycles. The Morgan fingerprint density at radius 1 is 1.07 bits per heavy atom. The summed E-state index contributed by atoms with van der Waals surface area (Å²) >= 11 is 0. The molecule has 2 N–H and O–H groups in total. The Labute approximate surface area is 166 Å². The summed E-state index contributed by atoms with van der Waals surface area (Å²) in [5.74, 6) is 0.397. The number of aromatic nitrogens is 2. The number of nitrogens with one attached hydrogen (secondary N) is 2. The molecular weight excluding hydrogens is 372 g/mol. The van der Waals surface area contributed by atoms with Crippen molar-refractivity contribution in [2.45, 2.75) is 6.54 Å². The SMILES string of the molecule is COc1ccccc1NC(=O)c1nc(C(=O)NCc2ccco2)n2ccccc12. The number of benzene rings is 1. The zero-order valence-electron chi connectivity index (χ0n) is 15.6. The second-order valence-electron chi connectivity index (χ2n) is 6.16. The van der Waals surface area contributed by atoms with Crippen LogP contribution in [0.5, 0.6) is 5.75 Å². The van der Waals surface area contributed by atoms with Crippen LogP contribution in [0.2, 0.25) is 0 Å². The summed E-state index contributed by atoms with van der Waals surface area (Å²) in [4.78, 5) is 29.9. The van der Waals surface area contributed by atoms with Crippen molar-refractivity contribution in [3.05, 3.63) is 84.3 Å². The highest BCUT2D eigenvalue weighted by molar-refractivity contribution is 6.09. The summed E-state index contributed by atoms with van der Waals surface area (Å²) in [5.41, 5.74) is 1.17. The highest BCUT2D eigenvalue weighted by Crippen LogP contribution is 2.24. The monoisotopic (exact) mass is 390 g/mol. The van der Waals surface area contributed by atoms with E-state index in [0.717, 1.165) is 0 Å². The van der Waals surface area contributed by atoms with Gasteiger partial charge in [-0.3, -0.25) is 14.0 Å². The summed E-state index contributed by atoms with van der Waals surface area (Å²) in [6.45, 7) is 0.219. The molecule has 0 fully saturated rings. The second-order valence-corrected chi connectivity index (χ2v) is 6.16. The lowest BCUT2D eigenvalue weighted by Gasteiger charge is -2.08. The number of methoxy groups -OCH3 is 1. The largest absolute Gasteiger partial charge is 0.495 e. The molecule has 0 aliphatic heterocycles. The number of hydrogen-bond donors (Lipinski definition) is 2. The van der Waals surface area contributed by atoms with Crippen molar-refractivity contribution in [1.82, 2.24) is 14.7 Å². The molecule has 0 saturated heterocycles. The van der Waals surface area contributed by atoms with Crippen LogP contribution in [0.15, 0.2) is 71.5 Å². The molecule has 8 nitrogen and oxygen atoms in total. The van der Waals surface area contributed by atoms with Crippen LogP contribution in [-0.2, 0) is 6.54 Å². The molecule has 0 unspecified atom stereocenters. The van der Waals surface area contributed by atoms with Crippen LogP contribution < -0.4 is 15.4 Å². The third-order valence-electron chi connectivity index (χ3n) is 4.33. The van der Waals surface area contributed by atoms with E-state index < -0.39 is 11.8 Å². The minimum atomic E-state index is -0.441. The summed E-state index contributed by atoms with van der Waals surface area (Å²) in [6, 6.07) is 15.8. The number of imidazole rings is 1. The number of hydrogen-bond acceptors (Lipinski definition) is 5. The van der Waals surface area contributed by atoms with E-state index in [1.54, 1.807) is 59.1 Å². The van der Waals surface area contributed by atoms with Gasteiger partial charge in [-0.1, -0.05) is 18.2 Å². The number of anilines is 1. The Morgan fingerprint density at radius 2 is 1.90 bits per heavy atom. The van der Waals surface area contributed by atoms with Crippen molar-refractivity contribution in [1.29, 1.82) is 0 Å². The molecular formula is C21H18N4O4. The van der Waals surface area contributed by atoms with Crippen molar-refractivity contribution < 1.29 is 18.7 Å². The highest BCUT2D eigenvalue weighted by atomic mass is 16.5. The molecule has 1 aromatic carbocycles. The van der Waals surface area contributed by atoms with Gasteiger partial charge in [-0.25, -0.2) is 4.98 Å². The molecule has 0 aliphatic rings. The van der Waals surface area contributed by atoms with Crippen LogP contribution in [0, 0.1) is 0 Å². The molecule has 4 rings (SSSR count). The average Bonchev–Trinajstić information content (AvgIpc) is 3.40. The van der Waals surface area contributed by atoms with Crippen molar-refractivity contribution in [3.63, 3.8) is 0 Å². The summed E-state index contributed by atoms with van der Waals surface area (Å²) < 4.78 is 12.1. The normalized spacial score (nSPS) is 10.7. The fourth-order valence-electron chi connectivity index (χ4n) is 2.95. The van der Waals surface area contributed by atoms with Crippen molar-refractivity contribution in [3.8, 4) is 5.75 Å². The number of carbonyl (C=O) groups excluding carboxylic acids is 2. The second kappa shape index (κ2) is 7.89. The number of nitrogens with zero attached hydrogens (tertiary/aromatic N) is 2. The number of carbonyl (C=O) groups is 2. The van der Waals surface area contributed by atoms with E-state index in [2.05, 4.69) is 15.6 Å². The lowest BCUT2D eigenvalue weighted by Crippen LogP contribution is -2.25. The molecule has 0 bridgehead atoms. The molecule has 0 aliphatic carbocycles. The lowest BCUT2D eigenvalue weighted by molar-refractivity contribution is 0.0937. The molecule has 0 radical (unpaired) electrons. The van der Waals surface area contributed by atoms with Crippen molar-refractivity contribution in [2.24, 2.45) is 0 Å². The van der Waals surface area contributed by atoms with Crippen LogP contribution in [0.25, 0.3) is 5.52 Å². The van der Waals surface area contributed by atoms with Crippen LogP contribution in [0.3, 0.4) is 0 Å². The molecule has 8 heteroatoms. The number of rotatable bonds is 6. The van der Waals surface area contributed by atoms with Gasteiger partial charge in [0.1, 0.15) is 11.5 Å². The Balaban J connectivity index is 1.63. The van der Waals surface area contributed by atoms with Gasteiger partial charge in [0.05, 0.1) is 31.1 Å². The third-order valence-corrected chi connectivity index (χ3v) is 4.33.